The van der Waals surface area contributed by atoms with E-state index in [9.17, 15) is 4.79 Å². The highest BCUT2D eigenvalue weighted by molar-refractivity contribution is 5.68. The Hall–Kier alpha value is -0.810. The van der Waals surface area contributed by atoms with Gasteiger partial charge in [-0.15, -0.1) is 0 Å². The van der Waals surface area contributed by atoms with E-state index in [1.54, 1.807) is 0 Å². The first-order valence-electron chi connectivity index (χ1n) is 8.86. The standard InChI is InChI=1S/C17H33N3O2/c1-17(2,3)22-16(21)20-10-7-14(8-11-20)12-18-13-15-6-4-5-9-19-15/h14-15,18-19H,4-13H2,1-3H3. The van der Waals surface area contributed by atoms with E-state index < -0.39 is 5.60 Å². The van der Waals surface area contributed by atoms with Crippen molar-refractivity contribution in [1.29, 1.82) is 0 Å². The van der Waals surface area contributed by atoms with E-state index in [-0.39, 0.29) is 6.09 Å². The van der Waals surface area contributed by atoms with Gasteiger partial charge in [0, 0.05) is 25.7 Å². The molecular formula is C17H33N3O2. The number of hydrogen-bond donors (Lipinski definition) is 2. The lowest BCUT2D eigenvalue weighted by molar-refractivity contribution is 0.0184. The van der Waals surface area contributed by atoms with Gasteiger partial charge in [0.15, 0.2) is 0 Å². The summed E-state index contributed by atoms with van der Waals surface area (Å²) >= 11 is 0. The summed E-state index contributed by atoms with van der Waals surface area (Å²) in [7, 11) is 0. The molecule has 5 nitrogen and oxygen atoms in total. The van der Waals surface area contributed by atoms with Crippen molar-refractivity contribution in [3.05, 3.63) is 0 Å². The van der Waals surface area contributed by atoms with E-state index in [0.29, 0.717) is 12.0 Å². The van der Waals surface area contributed by atoms with E-state index in [0.717, 1.165) is 39.0 Å². The molecule has 1 amide bonds. The normalized spacial score (nSPS) is 24.3. The molecule has 2 aliphatic heterocycles. The maximum atomic E-state index is 12.0. The molecule has 128 valence electrons. The zero-order valence-electron chi connectivity index (χ0n) is 14.5. The van der Waals surface area contributed by atoms with Gasteiger partial charge in [0.25, 0.3) is 0 Å². The maximum absolute atomic E-state index is 12.0. The Kier molecular flexibility index (Phi) is 6.50. The molecule has 0 bridgehead atoms. The number of carbonyl (C=O) groups is 1. The number of likely N-dealkylation sites (tertiary alicyclic amines) is 1. The lowest BCUT2D eigenvalue weighted by Gasteiger charge is -2.34. The predicted octanol–water partition coefficient (Wildman–Crippen LogP) is 2.37. The SMILES string of the molecule is CC(C)(C)OC(=O)N1CCC(CNCC2CCCCN2)CC1. The van der Waals surface area contributed by atoms with Gasteiger partial charge in [-0.3, -0.25) is 0 Å². The van der Waals surface area contributed by atoms with E-state index in [1.165, 1.54) is 25.8 Å². The Bertz CT molecular complexity index is 340. The summed E-state index contributed by atoms with van der Waals surface area (Å²) in [5, 5.41) is 7.18. The third kappa shape index (κ3) is 6.13. The average molecular weight is 311 g/mol. The minimum absolute atomic E-state index is 0.162. The minimum Gasteiger partial charge on any atom is -0.444 e. The molecule has 2 fully saturated rings. The van der Waals surface area contributed by atoms with Crippen LogP contribution in [-0.2, 0) is 4.74 Å². The summed E-state index contributed by atoms with van der Waals surface area (Å²) in [5.41, 5.74) is -0.400. The van der Waals surface area contributed by atoms with Gasteiger partial charge in [-0.05, 0) is 65.5 Å². The number of ether oxygens (including phenoxy) is 1. The van der Waals surface area contributed by atoms with Crippen molar-refractivity contribution in [2.45, 2.75) is 64.5 Å². The van der Waals surface area contributed by atoms with Gasteiger partial charge in [0.05, 0.1) is 0 Å². The average Bonchev–Trinajstić information content (AvgIpc) is 2.47. The van der Waals surface area contributed by atoms with Crippen molar-refractivity contribution in [3.63, 3.8) is 0 Å². The first-order valence-corrected chi connectivity index (χ1v) is 8.86. The van der Waals surface area contributed by atoms with Crippen molar-refractivity contribution in [2.24, 2.45) is 5.92 Å². The van der Waals surface area contributed by atoms with Crippen LogP contribution < -0.4 is 10.6 Å². The van der Waals surface area contributed by atoms with Gasteiger partial charge in [-0.1, -0.05) is 6.42 Å². The number of piperidine rings is 2. The second-order valence-corrected chi connectivity index (χ2v) is 7.72. The molecule has 2 aliphatic rings. The zero-order valence-corrected chi connectivity index (χ0v) is 14.5. The summed E-state index contributed by atoms with van der Waals surface area (Å²) in [5.74, 6) is 0.683. The molecule has 0 aromatic carbocycles. The van der Waals surface area contributed by atoms with E-state index in [4.69, 9.17) is 4.74 Å². The first kappa shape index (κ1) is 17.5. The molecule has 2 N–H and O–H groups in total. The first-order chi connectivity index (χ1) is 10.4. The molecule has 0 aromatic heterocycles. The van der Waals surface area contributed by atoms with Crippen LogP contribution in [0.1, 0.15) is 52.9 Å². The smallest absolute Gasteiger partial charge is 0.410 e. The second kappa shape index (κ2) is 8.16. The van der Waals surface area contributed by atoms with Crippen molar-refractivity contribution in [2.75, 3.05) is 32.7 Å². The van der Waals surface area contributed by atoms with Gasteiger partial charge >= 0.3 is 6.09 Å². The van der Waals surface area contributed by atoms with Crippen molar-refractivity contribution in [3.8, 4) is 0 Å². The van der Waals surface area contributed by atoms with Crippen LogP contribution in [0, 0.1) is 5.92 Å². The molecule has 2 rings (SSSR count). The maximum Gasteiger partial charge on any atom is 0.410 e. The molecule has 2 heterocycles. The van der Waals surface area contributed by atoms with Crippen LogP contribution in [0.4, 0.5) is 4.79 Å². The monoisotopic (exact) mass is 311 g/mol. The number of nitrogens with zero attached hydrogens (tertiary/aromatic N) is 1. The number of nitrogens with one attached hydrogen (secondary N) is 2. The Balaban J connectivity index is 1.59. The molecule has 0 radical (unpaired) electrons. The van der Waals surface area contributed by atoms with Crippen LogP contribution in [0.25, 0.3) is 0 Å². The Morgan fingerprint density at radius 1 is 1.18 bits per heavy atom. The van der Waals surface area contributed by atoms with E-state index in [2.05, 4.69) is 10.6 Å². The van der Waals surface area contributed by atoms with E-state index in [1.807, 2.05) is 25.7 Å². The van der Waals surface area contributed by atoms with Gasteiger partial charge < -0.3 is 20.3 Å². The predicted molar refractivity (Wildman–Crippen MR) is 89.0 cm³/mol. The molecule has 0 aromatic rings. The number of amides is 1. The second-order valence-electron chi connectivity index (χ2n) is 7.72. The summed E-state index contributed by atoms with van der Waals surface area (Å²) in [6.07, 6.45) is 5.96. The fourth-order valence-electron chi connectivity index (χ4n) is 3.21. The van der Waals surface area contributed by atoms with Crippen LogP contribution >= 0.6 is 0 Å². The van der Waals surface area contributed by atoms with Gasteiger partial charge in [0.2, 0.25) is 0 Å². The lowest BCUT2D eigenvalue weighted by atomic mass is 9.96. The van der Waals surface area contributed by atoms with Crippen molar-refractivity contribution in [1.82, 2.24) is 15.5 Å². The van der Waals surface area contributed by atoms with Crippen LogP contribution in [0.15, 0.2) is 0 Å². The summed E-state index contributed by atoms with van der Waals surface area (Å²) in [4.78, 5) is 13.9. The molecule has 2 saturated heterocycles. The van der Waals surface area contributed by atoms with Gasteiger partial charge in [-0.25, -0.2) is 4.79 Å². The van der Waals surface area contributed by atoms with E-state index >= 15 is 0 Å². The fraction of sp³-hybridized carbons (Fsp3) is 0.941. The topological polar surface area (TPSA) is 53.6 Å². The Morgan fingerprint density at radius 3 is 2.50 bits per heavy atom. The summed E-state index contributed by atoms with van der Waals surface area (Å²) in [6, 6.07) is 0.649. The van der Waals surface area contributed by atoms with Crippen LogP contribution in [-0.4, -0.2) is 55.4 Å². The van der Waals surface area contributed by atoms with Crippen molar-refractivity contribution >= 4 is 6.09 Å². The number of rotatable bonds is 4. The van der Waals surface area contributed by atoms with Gasteiger partial charge in [-0.2, -0.15) is 0 Å². The Labute approximate surface area is 135 Å². The number of hydrogen-bond acceptors (Lipinski definition) is 4. The zero-order chi connectivity index (χ0) is 16.0. The van der Waals surface area contributed by atoms with Gasteiger partial charge in [0.1, 0.15) is 5.60 Å². The highest BCUT2D eigenvalue weighted by atomic mass is 16.6. The molecule has 0 aliphatic carbocycles. The van der Waals surface area contributed by atoms with Crippen molar-refractivity contribution < 1.29 is 9.53 Å². The highest BCUT2D eigenvalue weighted by Gasteiger charge is 2.26. The highest BCUT2D eigenvalue weighted by Crippen LogP contribution is 2.19. The van der Waals surface area contributed by atoms with Crippen LogP contribution in [0.2, 0.25) is 0 Å². The molecule has 22 heavy (non-hydrogen) atoms. The molecular weight excluding hydrogens is 278 g/mol. The lowest BCUT2D eigenvalue weighted by Crippen LogP contribution is -2.45. The van der Waals surface area contributed by atoms with Crippen LogP contribution in [0.3, 0.4) is 0 Å². The summed E-state index contributed by atoms with van der Waals surface area (Å²) < 4.78 is 5.44. The largest absolute Gasteiger partial charge is 0.444 e. The summed E-state index contributed by atoms with van der Waals surface area (Å²) in [6.45, 7) is 10.7. The molecule has 5 heteroatoms. The molecule has 0 saturated carbocycles. The third-order valence-electron chi connectivity index (χ3n) is 4.50. The molecule has 1 unspecified atom stereocenters. The number of carbonyl (C=O) groups excluding carboxylic acids is 1. The van der Waals surface area contributed by atoms with Crippen LogP contribution in [0.5, 0.6) is 0 Å². The minimum atomic E-state index is -0.400. The third-order valence-corrected chi connectivity index (χ3v) is 4.50. The molecule has 1 atom stereocenters. The Morgan fingerprint density at radius 2 is 1.91 bits per heavy atom. The quantitative estimate of drug-likeness (QED) is 0.837. The molecule has 0 spiro atoms. The fourth-order valence-corrected chi connectivity index (χ4v) is 3.21.